The fourth-order valence-electron chi connectivity index (χ4n) is 3.37. The second kappa shape index (κ2) is 9.23. The number of sulfonamides is 1. The van der Waals surface area contributed by atoms with Crippen molar-refractivity contribution in [3.8, 4) is 0 Å². The summed E-state index contributed by atoms with van der Waals surface area (Å²) in [5, 5.41) is 1.55. The summed E-state index contributed by atoms with van der Waals surface area (Å²) in [6, 6.07) is 2.28. The Labute approximate surface area is 184 Å². The summed E-state index contributed by atoms with van der Waals surface area (Å²) in [7, 11) is -4.39. The van der Waals surface area contributed by atoms with E-state index in [1.807, 2.05) is 32.4 Å². The lowest BCUT2D eigenvalue weighted by molar-refractivity contribution is -0.157. The van der Waals surface area contributed by atoms with Crippen LogP contribution in [-0.4, -0.2) is 49.8 Å². The molecule has 0 spiro atoms. The van der Waals surface area contributed by atoms with Crippen LogP contribution in [0.5, 0.6) is 0 Å². The quantitative estimate of drug-likeness (QED) is 0.633. The highest BCUT2D eigenvalue weighted by Crippen LogP contribution is 2.35. The van der Waals surface area contributed by atoms with E-state index in [4.69, 9.17) is 11.6 Å². The monoisotopic (exact) mass is 483 g/mol. The normalized spacial score (nSPS) is 17.5. The van der Waals surface area contributed by atoms with Gasteiger partial charge in [-0.1, -0.05) is 39.3 Å². The summed E-state index contributed by atoms with van der Waals surface area (Å²) >= 11 is 6.17. The Hall–Kier alpha value is -2.01. The first-order chi connectivity index (χ1) is 14.1. The minimum Gasteiger partial charge on any atom is -0.332 e. The molecule has 2 N–H and O–H groups in total. The van der Waals surface area contributed by atoms with Gasteiger partial charge in [0.1, 0.15) is 11.8 Å². The number of hydrogen-bond acceptors (Lipinski definition) is 4. The van der Waals surface area contributed by atoms with Gasteiger partial charge < -0.3 is 10.2 Å². The van der Waals surface area contributed by atoms with Gasteiger partial charge in [-0.2, -0.15) is 13.2 Å². The summed E-state index contributed by atoms with van der Waals surface area (Å²) in [4.78, 5) is 24.7. The van der Waals surface area contributed by atoms with Crippen LogP contribution in [0.15, 0.2) is 12.1 Å². The molecule has 0 radical (unpaired) electrons. The third kappa shape index (κ3) is 6.49. The number of anilines is 1. The molecule has 0 bridgehead atoms. The number of nitrogens with zero attached hydrogens (tertiary/aromatic N) is 1. The molecule has 0 aromatic heterocycles. The zero-order chi connectivity index (χ0) is 23.7. The number of halogens is 4. The molecule has 1 unspecified atom stereocenters. The summed E-state index contributed by atoms with van der Waals surface area (Å²) < 4.78 is 64.6. The van der Waals surface area contributed by atoms with Crippen LogP contribution in [0.1, 0.15) is 57.1 Å². The summed E-state index contributed by atoms with van der Waals surface area (Å²) in [6.07, 6.45) is -5.28. The lowest BCUT2D eigenvalue weighted by Crippen LogP contribution is -2.43. The number of benzene rings is 1. The number of alkyl halides is 3. The van der Waals surface area contributed by atoms with Gasteiger partial charge in [0.25, 0.3) is 0 Å². The molecule has 0 saturated carbocycles. The molecule has 3 amide bonds. The zero-order valence-corrected chi connectivity index (χ0v) is 19.1. The molecule has 1 atom stereocenters. The second-order valence-corrected chi connectivity index (χ2v) is 10.5. The fraction of sp³-hybridized carbons (Fsp3) is 0.579. The van der Waals surface area contributed by atoms with E-state index in [9.17, 15) is 31.2 Å². The van der Waals surface area contributed by atoms with Crippen molar-refractivity contribution < 1.29 is 31.2 Å². The van der Waals surface area contributed by atoms with Crippen LogP contribution in [0.3, 0.4) is 0 Å². The Morgan fingerprint density at radius 3 is 2.16 bits per heavy atom. The lowest BCUT2D eigenvalue weighted by Gasteiger charge is -2.22. The molecule has 0 aliphatic carbocycles. The zero-order valence-electron chi connectivity index (χ0n) is 17.5. The van der Waals surface area contributed by atoms with Crippen molar-refractivity contribution in [1.29, 1.82) is 0 Å². The number of hydrogen-bond donors (Lipinski definition) is 2. The Bertz CT molecular complexity index is 936. The van der Waals surface area contributed by atoms with Crippen molar-refractivity contribution in [1.82, 2.24) is 9.62 Å². The molecule has 31 heavy (non-hydrogen) atoms. The highest BCUT2D eigenvalue weighted by Gasteiger charge is 2.43. The number of rotatable bonds is 6. The van der Waals surface area contributed by atoms with E-state index in [-0.39, 0.29) is 11.8 Å². The molecule has 2 rings (SSSR count). The maximum absolute atomic E-state index is 12.6. The van der Waals surface area contributed by atoms with Gasteiger partial charge in [0.2, 0.25) is 15.9 Å². The van der Waals surface area contributed by atoms with Crippen molar-refractivity contribution in [2.75, 3.05) is 18.4 Å². The van der Waals surface area contributed by atoms with E-state index >= 15 is 0 Å². The van der Waals surface area contributed by atoms with Gasteiger partial charge >= 0.3 is 12.2 Å². The van der Waals surface area contributed by atoms with Gasteiger partial charge in [0.15, 0.2) is 0 Å². The van der Waals surface area contributed by atoms with Crippen molar-refractivity contribution in [3.63, 3.8) is 0 Å². The molecule has 1 aliphatic rings. The molecular formula is C19H25ClF3N3O4S. The van der Waals surface area contributed by atoms with Gasteiger partial charge in [0, 0.05) is 23.7 Å². The van der Waals surface area contributed by atoms with Crippen LogP contribution in [0.25, 0.3) is 0 Å². The van der Waals surface area contributed by atoms with E-state index in [1.165, 1.54) is 0 Å². The number of carbonyl (C=O) groups is 2. The first kappa shape index (κ1) is 25.3. The topological polar surface area (TPSA) is 95.6 Å². The standard InChI is InChI=1S/C19H25ClF3N3O4S/c1-10(2)14-5-12(20)6-15(11(3)4)17(14)24-18(28)25-31(29,30)13-7-16(27)26(8-13)9-19(21,22)23/h5-6,10-11,13H,7-9H2,1-4H3,(H2,24,25,28). The van der Waals surface area contributed by atoms with Crippen LogP contribution < -0.4 is 10.0 Å². The van der Waals surface area contributed by atoms with Gasteiger partial charge in [-0.25, -0.2) is 17.9 Å². The Morgan fingerprint density at radius 2 is 1.71 bits per heavy atom. The number of nitrogens with one attached hydrogen (secondary N) is 2. The Morgan fingerprint density at radius 1 is 1.19 bits per heavy atom. The molecule has 1 heterocycles. The molecule has 1 aromatic rings. The van der Waals surface area contributed by atoms with Gasteiger partial charge in [-0.3, -0.25) is 4.79 Å². The summed E-state index contributed by atoms with van der Waals surface area (Å²) in [5.41, 5.74) is 1.83. The van der Waals surface area contributed by atoms with Crippen LogP contribution >= 0.6 is 11.6 Å². The van der Waals surface area contributed by atoms with E-state index in [0.29, 0.717) is 26.7 Å². The number of urea groups is 1. The minimum atomic E-state index is -4.64. The predicted molar refractivity (Wildman–Crippen MR) is 112 cm³/mol. The van der Waals surface area contributed by atoms with Crippen LogP contribution in [-0.2, 0) is 14.8 Å². The lowest BCUT2D eigenvalue weighted by atomic mass is 9.92. The molecular weight excluding hydrogens is 459 g/mol. The maximum Gasteiger partial charge on any atom is 0.406 e. The van der Waals surface area contributed by atoms with E-state index < -0.39 is 52.9 Å². The first-order valence-corrected chi connectivity index (χ1v) is 11.5. The Kier molecular flexibility index (Phi) is 7.52. The number of likely N-dealkylation sites (tertiary alicyclic amines) is 1. The average molecular weight is 484 g/mol. The van der Waals surface area contributed by atoms with Crippen LogP contribution in [0.2, 0.25) is 5.02 Å². The minimum absolute atomic E-state index is 0.0357. The third-order valence-corrected chi connectivity index (χ3v) is 6.75. The van der Waals surface area contributed by atoms with Gasteiger partial charge in [-0.15, -0.1) is 0 Å². The maximum atomic E-state index is 12.6. The van der Waals surface area contributed by atoms with Crippen molar-refractivity contribution >= 4 is 39.2 Å². The van der Waals surface area contributed by atoms with E-state index in [0.717, 1.165) is 0 Å². The van der Waals surface area contributed by atoms with Crippen molar-refractivity contribution in [2.45, 2.75) is 57.4 Å². The first-order valence-electron chi connectivity index (χ1n) is 9.61. The van der Waals surface area contributed by atoms with Gasteiger partial charge in [0.05, 0.1) is 0 Å². The van der Waals surface area contributed by atoms with Crippen LogP contribution in [0, 0.1) is 0 Å². The third-order valence-electron chi connectivity index (χ3n) is 4.87. The molecule has 1 saturated heterocycles. The highest BCUT2D eigenvalue weighted by molar-refractivity contribution is 7.90. The summed E-state index contributed by atoms with van der Waals surface area (Å²) in [6.45, 7) is 5.36. The van der Waals surface area contributed by atoms with E-state index in [1.54, 1.807) is 12.1 Å². The molecule has 7 nitrogen and oxygen atoms in total. The molecule has 12 heteroatoms. The Balaban J connectivity index is 2.20. The average Bonchev–Trinajstić information content (AvgIpc) is 2.95. The van der Waals surface area contributed by atoms with Gasteiger partial charge in [-0.05, 0) is 35.1 Å². The molecule has 174 valence electrons. The smallest absolute Gasteiger partial charge is 0.332 e. The molecule has 1 aromatic carbocycles. The van der Waals surface area contributed by atoms with Crippen LogP contribution in [0.4, 0.5) is 23.7 Å². The second-order valence-electron chi connectivity index (χ2n) is 8.09. The summed E-state index contributed by atoms with van der Waals surface area (Å²) in [5.74, 6) is -1.01. The molecule has 1 fully saturated rings. The van der Waals surface area contributed by atoms with E-state index in [2.05, 4.69) is 5.32 Å². The largest absolute Gasteiger partial charge is 0.406 e. The number of carbonyl (C=O) groups excluding carboxylic acids is 2. The fourth-order valence-corrected chi connectivity index (χ4v) is 4.82. The highest BCUT2D eigenvalue weighted by atomic mass is 35.5. The molecule has 1 aliphatic heterocycles. The van der Waals surface area contributed by atoms with Crippen molar-refractivity contribution in [2.24, 2.45) is 0 Å². The predicted octanol–water partition coefficient (Wildman–Crippen LogP) is 4.20. The van der Waals surface area contributed by atoms with Crippen molar-refractivity contribution in [3.05, 3.63) is 28.3 Å². The number of amides is 3. The SMILES string of the molecule is CC(C)c1cc(Cl)cc(C(C)C)c1NC(=O)NS(=O)(=O)C1CC(=O)N(CC(F)(F)F)C1.